The number of hydrogen-bond donors (Lipinski definition) is 2. The van der Waals surface area contributed by atoms with Crippen LogP contribution in [0.3, 0.4) is 0 Å². The monoisotopic (exact) mass is 298 g/mol. The van der Waals surface area contributed by atoms with Crippen molar-refractivity contribution in [1.29, 1.82) is 10.5 Å². The Labute approximate surface area is 127 Å². The van der Waals surface area contributed by atoms with Gasteiger partial charge in [-0.25, -0.2) is 4.79 Å². The maximum absolute atomic E-state index is 12.1. The van der Waals surface area contributed by atoms with Gasteiger partial charge in [0, 0.05) is 18.8 Å². The molecule has 1 aromatic rings. The Morgan fingerprint density at radius 1 is 1.23 bits per heavy atom. The quantitative estimate of drug-likeness (QED) is 0.646. The lowest BCUT2D eigenvalue weighted by Gasteiger charge is -2.26. The summed E-state index contributed by atoms with van der Waals surface area (Å²) >= 11 is 0. The minimum absolute atomic E-state index is 0.196. The van der Waals surface area contributed by atoms with Gasteiger partial charge in [-0.1, -0.05) is 6.07 Å². The number of anilines is 2. The molecule has 0 unspecified atom stereocenters. The zero-order valence-corrected chi connectivity index (χ0v) is 11.7. The van der Waals surface area contributed by atoms with E-state index >= 15 is 0 Å². The number of amides is 2. The van der Waals surface area contributed by atoms with Crippen LogP contribution in [0.25, 0.3) is 0 Å². The van der Waals surface area contributed by atoms with Crippen LogP contribution in [-0.2, 0) is 4.74 Å². The maximum Gasteiger partial charge on any atom is 0.322 e. The van der Waals surface area contributed by atoms with Crippen molar-refractivity contribution in [3.8, 4) is 12.1 Å². The molecule has 0 bridgehead atoms. The van der Waals surface area contributed by atoms with E-state index in [2.05, 4.69) is 15.8 Å². The third kappa shape index (κ3) is 4.20. The summed E-state index contributed by atoms with van der Waals surface area (Å²) in [7, 11) is 0. The Hall–Kier alpha value is -3.10. The fourth-order valence-corrected chi connectivity index (χ4v) is 1.83. The van der Waals surface area contributed by atoms with E-state index in [1.807, 2.05) is 0 Å². The first kappa shape index (κ1) is 15.3. The van der Waals surface area contributed by atoms with Crippen LogP contribution in [0.15, 0.2) is 29.4 Å². The predicted octanol–water partition coefficient (Wildman–Crippen LogP) is 1.37. The van der Waals surface area contributed by atoms with Gasteiger partial charge in [-0.15, -0.1) is 0 Å². The highest BCUT2D eigenvalue weighted by atomic mass is 16.5. The van der Waals surface area contributed by atoms with Crippen LogP contribution in [-0.4, -0.2) is 42.9 Å². The third-order valence-electron chi connectivity index (χ3n) is 2.92. The Bertz CT molecular complexity index is 636. The summed E-state index contributed by atoms with van der Waals surface area (Å²) in [5.74, 6) is 0. The number of nitrogens with one attached hydrogen (secondary N) is 2. The largest absolute Gasteiger partial charge is 0.378 e. The molecular weight excluding hydrogens is 284 g/mol. The number of nitrogens with zero attached hydrogens (tertiary/aromatic N) is 4. The van der Waals surface area contributed by atoms with Crippen LogP contribution in [0.5, 0.6) is 0 Å². The molecule has 0 spiro atoms. The molecule has 0 radical (unpaired) electrons. The molecule has 1 aromatic carbocycles. The molecule has 0 aromatic heterocycles. The first-order valence-electron chi connectivity index (χ1n) is 6.60. The first-order valence-corrected chi connectivity index (χ1v) is 6.60. The first-order chi connectivity index (χ1) is 10.7. The normalized spacial score (nSPS) is 13.5. The standard InChI is InChI=1S/C14H14N6O2/c15-9-13(10-16)19-18-12-3-1-2-11(8-12)17-14(21)20-4-6-22-7-5-20/h1-3,8,18H,4-7H2,(H,17,21). The number of hydrogen-bond acceptors (Lipinski definition) is 6. The molecule has 1 aliphatic heterocycles. The van der Waals surface area contributed by atoms with Gasteiger partial charge in [-0.2, -0.15) is 15.6 Å². The second kappa shape index (κ2) is 7.62. The van der Waals surface area contributed by atoms with Crippen LogP contribution >= 0.6 is 0 Å². The number of benzene rings is 1. The molecule has 2 N–H and O–H groups in total. The number of carbonyl (C=O) groups excluding carboxylic acids is 1. The number of carbonyl (C=O) groups is 1. The topological polar surface area (TPSA) is 114 Å². The van der Waals surface area contributed by atoms with Crippen molar-refractivity contribution >= 4 is 23.1 Å². The Balaban J connectivity index is 1.99. The van der Waals surface area contributed by atoms with E-state index in [1.165, 1.54) is 0 Å². The van der Waals surface area contributed by atoms with Crippen LogP contribution in [0, 0.1) is 22.7 Å². The van der Waals surface area contributed by atoms with Crippen molar-refractivity contribution in [1.82, 2.24) is 4.90 Å². The highest BCUT2D eigenvalue weighted by Gasteiger charge is 2.16. The molecule has 8 nitrogen and oxygen atoms in total. The van der Waals surface area contributed by atoms with E-state index in [4.69, 9.17) is 15.3 Å². The second-order valence-electron chi connectivity index (χ2n) is 4.41. The molecular formula is C14H14N6O2. The van der Waals surface area contributed by atoms with Crippen LogP contribution in [0.2, 0.25) is 0 Å². The summed E-state index contributed by atoms with van der Waals surface area (Å²) in [6.07, 6.45) is 0. The average Bonchev–Trinajstić information content (AvgIpc) is 2.57. The highest BCUT2D eigenvalue weighted by molar-refractivity contribution is 6.10. The van der Waals surface area contributed by atoms with Crippen LogP contribution < -0.4 is 10.7 Å². The molecule has 2 amide bonds. The summed E-state index contributed by atoms with van der Waals surface area (Å²) in [5, 5.41) is 23.6. The zero-order valence-electron chi connectivity index (χ0n) is 11.7. The number of ether oxygens (including phenoxy) is 1. The molecule has 0 saturated carbocycles. The zero-order chi connectivity index (χ0) is 15.8. The van der Waals surface area contributed by atoms with Gasteiger partial charge in [-0.3, -0.25) is 5.43 Å². The lowest BCUT2D eigenvalue weighted by molar-refractivity contribution is 0.0564. The fraction of sp³-hybridized carbons (Fsp3) is 0.286. The lowest BCUT2D eigenvalue weighted by Crippen LogP contribution is -2.43. The lowest BCUT2D eigenvalue weighted by atomic mass is 10.3. The maximum atomic E-state index is 12.1. The minimum atomic E-state index is -0.275. The summed E-state index contributed by atoms with van der Waals surface area (Å²) in [6.45, 7) is 2.19. The molecule has 2 rings (SSSR count). The van der Waals surface area contributed by atoms with Gasteiger partial charge in [0.2, 0.25) is 5.71 Å². The number of rotatable bonds is 3. The van der Waals surface area contributed by atoms with E-state index in [0.29, 0.717) is 37.7 Å². The van der Waals surface area contributed by atoms with Crippen molar-refractivity contribution in [3.05, 3.63) is 24.3 Å². The van der Waals surface area contributed by atoms with Crippen molar-refractivity contribution in [2.24, 2.45) is 5.10 Å². The SMILES string of the molecule is N#CC(C#N)=NNc1cccc(NC(=O)N2CCOCC2)c1. The Morgan fingerprint density at radius 2 is 1.91 bits per heavy atom. The molecule has 8 heteroatoms. The number of urea groups is 1. The predicted molar refractivity (Wildman–Crippen MR) is 80.1 cm³/mol. The summed E-state index contributed by atoms with van der Waals surface area (Å²) < 4.78 is 5.20. The molecule has 0 aliphatic carbocycles. The van der Waals surface area contributed by atoms with E-state index in [1.54, 1.807) is 41.3 Å². The molecule has 1 aliphatic rings. The summed E-state index contributed by atoms with van der Waals surface area (Å²) in [6, 6.07) is 9.94. The fourth-order valence-electron chi connectivity index (χ4n) is 1.83. The van der Waals surface area contributed by atoms with Crippen molar-refractivity contribution < 1.29 is 9.53 Å². The molecule has 1 heterocycles. The van der Waals surface area contributed by atoms with Crippen molar-refractivity contribution in [3.63, 3.8) is 0 Å². The van der Waals surface area contributed by atoms with Crippen molar-refractivity contribution in [2.45, 2.75) is 0 Å². The van der Waals surface area contributed by atoms with Gasteiger partial charge in [0.15, 0.2) is 0 Å². The molecule has 112 valence electrons. The van der Waals surface area contributed by atoms with Gasteiger partial charge in [-0.05, 0) is 18.2 Å². The average molecular weight is 298 g/mol. The van der Waals surface area contributed by atoms with Crippen LogP contribution in [0.1, 0.15) is 0 Å². The smallest absolute Gasteiger partial charge is 0.322 e. The number of nitriles is 2. The van der Waals surface area contributed by atoms with Gasteiger partial charge >= 0.3 is 6.03 Å². The van der Waals surface area contributed by atoms with Gasteiger partial charge in [0.1, 0.15) is 12.1 Å². The highest BCUT2D eigenvalue weighted by Crippen LogP contribution is 2.16. The summed E-state index contributed by atoms with van der Waals surface area (Å²) in [5.41, 5.74) is 3.47. The minimum Gasteiger partial charge on any atom is -0.378 e. The van der Waals surface area contributed by atoms with E-state index in [9.17, 15) is 4.79 Å². The van der Waals surface area contributed by atoms with Crippen LogP contribution in [0.4, 0.5) is 16.2 Å². The molecule has 1 fully saturated rings. The molecule has 22 heavy (non-hydrogen) atoms. The van der Waals surface area contributed by atoms with E-state index in [-0.39, 0.29) is 11.7 Å². The van der Waals surface area contributed by atoms with Gasteiger partial charge in [0.05, 0.1) is 18.9 Å². The number of hydrazone groups is 1. The van der Waals surface area contributed by atoms with Gasteiger partial charge in [0.25, 0.3) is 0 Å². The summed E-state index contributed by atoms with van der Waals surface area (Å²) in [4.78, 5) is 13.7. The van der Waals surface area contributed by atoms with E-state index in [0.717, 1.165) is 0 Å². The Morgan fingerprint density at radius 3 is 2.59 bits per heavy atom. The molecule has 0 atom stereocenters. The number of morpholine rings is 1. The third-order valence-corrected chi connectivity index (χ3v) is 2.92. The molecule has 1 saturated heterocycles. The second-order valence-corrected chi connectivity index (χ2v) is 4.41. The van der Waals surface area contributed by atoms with E-state index < -0.39 is 0 Å². The van der Waals surface area contributed by atoms with Gasteiger partial charge < -0.3 is 15.0 Å². The van der Waals surface area contributed by atoms with Crippen molar-refractivity contribution in [2.75, 3.05) is 37.0 Å². The Kier molecular flexibility index (Phi) is 5.30.